The summed E-state index contributed by atoms with van der Waals surface area (Å²) in [7, 11) is 1.35. The summed E-state index contributed by atoms with van der Waals surface area (Å²) in [5, 5.41) is 11.9. The molecule has 2 amide bonds. The number of hydrogen-bond donors (Lipinski definition) is 2. The molecule has 2 rings (SSSR count). The summed E-state index contributed by atoms with van der Waals surface area (Å²) in [6.45, 7) is 2.71. The molecule has 1 heterocycles. The first kappa shape index (κ1) is 19.8. The van der Waals surface area contributed by atoms with Gasteiger partial charge in [0.25, 0.3) is 0 Å². The van der Waals surface area contributed by atoms with Crippen LogP contribution < -0.4 is 5.32 Å². The molecule has 0 saturated carbocycles. The minimum atomic E-state index is -0.891. The van der Waals surface area contributed by atoms with Crippen molar-refractivity contribution in [1.82, 2.24) is 10.2 Å². The smallest absolute Gasteiger partial charge is 0.317 e. The number of nitrogens with zero attached hydrogens (tertiary/aromatic N) is 1. The molecule has 0 aliphatic carbocycles. The number of aliphatic carboxylic acids is 1. The van der Waals surface area contributed by atoms with Gasteiger partial charge in [0.05, 0.1) is 13.0 Å². The predicted octanol–water partition coefficient (Wildman–Crippen LogP) is 1.91. The average Bonchev–Trinajstić information content (AvgIpc) is 3.01. The van der Waals surface area contributed by atoms with Crippen LogP contribution in [-0.2, 0) is 20.7 Å². The Labute approximate surface area is 153 Å². The molecule has 1 aliphatic rings. The Balaban J connectivity index is 1.99. The highest BCUT2D eigenvalue weighted by atomic mass is 16.5. The predicted molar refractivity (Wildman–Crippen MR) is 95.6 cm³/mol. The number of rotatable bonds is 7. The number of amides is 2. The van der Waals surface area contributed by atoms with Crippen LogP contribution in [0.1, 0.15) is 25.3 Å². The van der Waals surface area contributed by atoms with Crippen molar-refractivity contribution in [2.45, 2.75) is 32.2 Å². The van der Waals surface area contributed by atoms with Gasteiger partial charge in [0.2, 0.25) is 0 Å². The number of carbonyl (C=O) groups is 3. The quantitative estimate of drug-likeness (QED) is 0.723. The molecule has 3 atom stereocenters. The van der Waals surface area contributed by atoms with E-state index >= 15 is 0 Å². The number of likely N-dealkylation sites (tertiary alicyclic amines) is 1. The van der Waals surface area contributed by atoms with Crippen LogP contribution >= 0.6 is 0 Å². The van der Waals surface area contributed by atoms with E-state index in [1.807, 2.05) is 37.3 Å². The molecule has 1 aromatic rings. The summed E-state index contributed by atoms with van der Waals surface area (Å²) >= 11 is 0. The second kappa shape index (κ2) is 9.22. The van der Waals surface area contributed by atoms with Crippen molar-refractivity contribution in [3.8, 4) is 0 Å². The van der Waals surface area contributed by atoms with E-state index in [1.54, 1.807) is 4.90 Å². The molecule has 0 aromatic heterocycles. The van der Waals surface area contributed by atoms with Crippen molar-refractivity contribution in [2.24, 2.45) is 11.8 Å². The molecule has 0 bridgehead atoms. The van der Waals surface area contributed by atoms with E-state index in [1.165, 1.54) is 7.11 Å². The largest absolute Gasteiger partial charge is 0.481 e. The number of ether oxygens (including phenoxy) is 1. The lowest BCUT2D eigenvalue weighted by Crippen LogP contribution is -2.45. The summed E-state index contributed by atoms with van der Waals surface area (Å²) in [4.78, 5) is 36.9. The molecule has 1 unspecified atom stereocenters. The molecule has 0 radical (unpaired) electrons. The van der Waals surface area contributed by atoms with Gasteiger partial charge < -0.3 is 20.1 Å². The summed E-state index contributed by atoms with van der Waals surface area (Å²) in [5.41, 5.74) is 1.03. The lowest BCUT2D eigenvalue weighted by atomic mass is 9.99. The number of hydrogen-bond acceptors (Lipinski definition) is 4. The van der Waals surface area contributed by atoms with Gasteiger partial charge in [0.15, 0.2) is 0 Å². The first-order chi connectivity index (χ1) is 12.4. The van der Waals surface area contributed by atoms with Crippen LogP contribution in [-0.4, -0.2) is 54.2 Å². The van der Waals surface area contributed by atoms with Crippen molar-refractivity contribution in [3.05, 3.63) is 35.9 Å². The number of carbonyl (C=O) groups excluding carboxylic acids is 2. The van der Waals surface area contributed by atoms with Crippen LogP contribution in [0.2, 0.25) is 0 Å². The third-order valence-electron chi connectivity index (χ3n) is 4.76. The topological polar surface area (TPSA) is 95.9 Å². The Bertz CT molecular complexity index is 634. The molecular weight excluding hydrogens is 336 g/mol. The summed E-state index contributed by atoms with van der Waals surface area (Å²) in [6.07, 6.45) is 0.891. The molecule has 1 aliphatic heterocycles. The van der Waals surface area contributed by atoms with Gasteiger partial charge in [-0.2, -0.15) is 0 Å². The Morgan fingerprint density at radius 1 is 1.27 bits per heavy atom. The maximum atomic E-state index is 12.6. The molecule has 1 fully saturated rings. The second-order valence-corrected chi connectivity index (χ2v) is 6.78. The van der Waals surface area contributed by atoms with Gasteiger partial charge in [-0.3, -0.25) is 9.59 Å². The van der Waals surface area contributed by atoms with Gasteiger partial charge in [-0.25, -0.2) is 4.79 Å². The van der Waals surface area contributed by atoms with Crippen LogP contribution in [0.5, 0.6) is 0 Å². The first-order valence-electron chi connectivity index (χ1n) is 8.79. The van der Waals surface area contributed by atoms with Crippen LogP contribution in [0.4, 0.5) is 4.79 Å². The van der Waals surface area contributed by atoms with Crippen LogP contribution in [0.3, 0.4) is 0 Å². The minimum Gasteiger partial charge on any atom is -0.481 e. The zero-order valence-electron chi connectivity index (χ0n) is 15.2. The zero-order valence-corrected chi connectivity index (χ0v) is 15.2. The van der Waals surface area contributed by atoms with Gasteiger partial charge in [-0.1, -0.05) is 37.3 Å². The normalized spacial score (nSPS) is 20.5. The molecular formula is C19H26N2O5. The van der Waals surface area contributed by atoms with Crippen molar-refractivity contribution >= 4 is 18.0 Å². The number of esters is 1. The maximum absolute atomic E-state index is 12.6. The molecule has 0 spiro atoms. The third kappa shape index (κ3) is 5.47. The van der Waals surface area contributed by atoms with Crippen LogP contribution in [0, 0.1) is 11.8 Å². The monoisotopic (exact) mass is 362 g/mol. The van der Waals surface area contributed by atoms with Crippen LogP contribution in [0.25, 0.3) is 0 Å². The third-order valence-corrected chi connectivity index (χ3v) is 4.76. The van der Waals surface area contributed by atoms with Crippen molar-refractivity contribution in [3.63, 3.8) is 0 Å². The second-order valence-electron chi connectivity index (χ2n) is 6.78. The fourth-order valence-corrected chi connectivity index (χ4v) is 3.28. The Hall–Kier alpha value is -2.57. The SMILES string of the molecule is COC(=O)[C@@H]1CN(C(=O)NC(CCC(=O)O)Cc2ccccc2)C[C@H]1C. The summed E-state index contributed by atoms with van der Waals surface area (Å²) in [5.74, 6) is -1.49. The lowest BCUT2D eigenvalue weighted by Gasteiger charge is -2.23. The van der Waals surface area contributed by atoms with Gasteiger partial charge >= 0.3 is 18.0 Å². The number of nitrogens with one attached hydrogen (secondary N) is 1. The minimum absolute atomic E-state index is 0.0149. The summed E-state index contributed by atoms with van der Waals surface area (Å²) in [6, 6.07) is 9.08. The number of benzene rings is 1. The molecule has 1 aromatic carbocycles. The van der Waals surface area contributed by atoms with E-state index in [-0.39, 0.29) is 36.3 Å². The van der Waals surface area contributed by atoms with Crippen molar-refractivity contribution < 1.29 is 24.2 Å². The van der Waals surface area contributed by atoms with E-state index in [4.69, 9.17) is 9.84 Å². The zero-order chi connectivity index (χ0) is 19.1. The molecule has 7 heteroatoms. The highest BCUT2D eigenvalue weighted by molar-refractivity contribution is 5.78. The average molecular weight is 362 g/mol. The molecule has 7 nitrogen and oxygen atoms in total. The Morgan fingerprint density at radius 2 is 1.96 bits per heavy atom. The van der Waals surface area contributed by atoms with Crippen molar-refractivity contribution in [1.29, 1.82) is 0 Å². The van der Waals surface area contributed by atoms with Gasteiger partial charge in [0.1, 0.15) is 0 Å². The molecule has 142 valence electrons. The number of carboxylic acids is 1. The van der Waals surface area contributed by atoms with Gasteiger partial charge in [-0.15, -0.1) is 0 Å². The standard InChI is InChI=1S/C19H26N2O5/c1-13-11-21(12-16(13)18(24)26-2)19(25)20-15(8-9-17(22)23)10-14-6-4-3-5-7-14/h3-7,13,15-16H,8-12H2,1-2H3,(H,20,25)(H,22,23)/t13-,15?,16-/m1/s1. The van der Waals surface area contributed by atoms with Crippen LogP contribution in [0.15, 0.2) is 30.3 Å². The lowest BCUT2D eigenvalue weighted by molar-refractivity contribution is -0.146. The van der Waals surface area contributed by atoms with Gasteiger partial charge in [0, 0.05) is 25.6 Å². The Kier molecular flexibility index (Phi) is 7.00. The fourth-order valence-electron chi connectivity index (χ4n) is 3.28. The number of methoxy groups -OCH3 is 1. The van der Waals surface area contributed by atoms with E-state index in [9.17, 15) is 14.4 Å². The molecule has 2 N–H and O–H groups in total. The number of carboxylic acid groups (broad SMARTS) is 1. The van der Waals surface area contributed by atoms with E-state index < -0.39 is 5.97 Å². The first-order valence-corrected chi connectivity index (χ1v) is 8.79. The highest BCUT2D eigenvalue weighted by Gasteiger charge is 2.38. The van der Waals surface area contributed by atoms with Gasteiger partial charge in [-0.05, 0) is 24.3 Å². The number of urea groups is 1. The van der Waals surface area contributed by atoms with E-state index in [0.717, 1.165) is 5.56 Å². The fraction of sp³-hybridized carbons (Fsp3) is 0.526. The highest BCUT2D eigenvalue weighted by Crippen LogP contribution is 2.24. The Morgan fingerprint density at radius 3 is 2.58 bits per heavy atom. The maximum Gasteiger partial charge on any atom is 0.317 e. The van der Waals surface area contributed by atoms with E-state index in [2.05, 4.69) is 5.32 Å². The summed E-state index contributed by atoms with van der Waals surface area (Å²) < 4.78 is 4.80. The van der Waals surface area contributed by atoms with Crippen molar-refractivity contribution in [2.75, 3.05) is 20.2 Å². The molecule has 1 saturated heterocycles. The van der Waals surface area contributed by atoms with E-state index in [0.29, 0.717) is 25.9 Å². The molecule has 26 heavy (non-hydrogen) atoms.